The summed E-state index contributed by atoms with van der Waals surface area (Å²) in [5.41, 5.74) is 0. The molecule has 0 radical (unpaired) electrons. The van der Waals surface area contributed by atoms with Gasteiger partial charge in [-0.05, 0) is 6.92 Å². The van der Waals surface area contributed by atoms with Crippen molar-refractivity contribution in [2.75, 3.05) is 7.11 Å². The van der Waals surface area contributed by atoms with Gasteiger partial charge in [-0.25, -0.2) is 0 Å². The lowest BCUT2D eigenvalue weighted by Gasteiger charge is -1.91. The Bertz CT molecular complexity index is 164. The van der Waals surface area contributed by atoms with E-state index in [1.165, 1.54) is 0 Å². The fraction of sp³-hybridized carbons (Fsp3) is 0.500. The number of ether oxygens (including phenoxy) is 1. The van der Waals surface area contributed by atoms with Crippen molar-refractivity contribution in [3.63, 3.8) is 0 Å². The van der Waals surface area contributed by atoms with E-state index in [2.05, 4.69) is 5.10 Å². The molecule has 3 heteroatoms. The van der Waals surface area contributed by atoms with Crippen LogP contribution in [-0.4, -0.2) is 16.9 Å². The van der Waals surface area contributed by atoms with E-state index in [-0.39, 0.29) is 0 Å². The topological polar surface area (TPSA) is 27.1 Å². The van der Waals surface area contributed by atoms with Crippen molar-refractivity contribution >= 4 is 0 Å². The van der Waals surface area contributed by atoms with E-state index in [0.29, 0.717) is 5.88 Å². The number of methoxy groups -OCH3 is 1. The molecular formula is C6H10N2O. The predicted molar refractivity (Wildman–Crippen MR) is 34.5 cm³/mol. The van der Waals surface area contributed by atoms with Crippen molar-refractivity contribution in [3.8, 4) is 5.88 Å². The summed E-state index contributed by atoms with van der Waals surface area (Å²) in [6.45, 7) is 2.93. The van der Waals surface area contributed by atoms with E-state index in [0.717, 1.165) is 6.54 Å². The summed E-state index contributed by atoms with van der Waals surface area (Å²) in [7, 11) is 1.61. The maximum atomic E-state index is 4.86. The van der Waals surface area contributed by atoms with Gasteiger partial charge in [-0.2, -0.15) is 0 Å². The third kappa shape index (κ3) is 1.22. The standard InChI is InChI=1S/C6H10N2O/c1-3-8-5-4-6(7-8)9-2/h4-5H,3H2,1-2H3. The van der Waals surface area contributed by atoms with Gasteiger partial charge in [0.05, 0.1) is 7.11 Å². The smallest absolute Gasteiger partial charge is 0.232 e. The van der Waals surface area contributed by atoms with Crippen molar-refractivity contribution in [2.24, 2.45) is 0 Å². The maximum absolute atomic E-state index is 4.86. The first-order valence-corrected chi connectivity index (χ1v) is 2.94. The fourth-order valence-electron chi connectivity index (χ4n) is 0.628. The van der Waals surface area contributed by atoms with Gasteiger partial charge in [0, 0.05) is 18.8 Å². The molecule has 1 heterocycles. The van der Waals surface area contributed by atoms with Gasteiger partial charge in [0.25, 0.3) is 0 Å². The summed E-state index contributed by atoms with van der Waals surface area (Å²) in [4.78, 5) is 0. The minimum atomic E-state index is 0.678. The third-order valence-corrected chi connectivity index (χ3v) is 1.15. The molecule has 0 amide bonds. The van der Waals surface area contributed by atoms with Crippen molar-refractivity contribution in [1.29, 1.82) is 0 Å². The minimum Gasteiger partial charge on any atom is -0.480 e. The molecule has 50 valence electrons. The average Bonchev–Trinajstić information content (AvgIpc) is 2.34. The lowest BCUT2D eigenvalue weighted by atomic mass is 10.7. The molecule has 3 nitrogen and oxygen atoms in total. The number of aromatic nitrogens is 2. The van der Waals surface area contributed by atoms with Crippen LogP contribution in [0.25, 0.3) is 0 Å². The zero-order valence-electron chi connectivity index (χ0n) is 5.66. The van der Waals surface area contributed by atoms with E-state index >= 15 is 0 Å². The first-order chi connectivity index (χ1) is 4.36. The molecule has 0 saturated carbocycles. The number of aryl methyl sites for hydroxylation is 1. The quantitative estimate of drug-likeness (QED) is 0.589. The first kappa shape index (κ1) is 6.13. The Morgan fingerprint density at radius 1 is 1.78 bits per heavy atom. The summed E-state index contributed by atoms with van der Waals surface area (Å²) < 4.78 is 6.68. The van der Waals surface area contributed by atoms with E-state index < -0.39 is 0 Å². The highest BCUT2D eigenvalue weighted by Gasteiger charge is 1.92. The van der Waals surface area contributed by atoms with E-state index in [4.69, 9.17) is 4.74 Å². The van der Waals surface area contributed by atoms with Crippen molar-refractivity contribution in [3.05, 3.63) is 12.3 Å². The number of hydrogen-bond donors (Lipinski definition) is 0. The van der Waals surface area contributed by atoms with Crippen molar-refractivity contribution in [1.82, 2.24) is 9.78 Å². The van der Waals surface area contributed by atoms with Crippen LogP contribution in [0.2, 0.25) is 0 Å². The van der Waals surface area contributed by atoms with E-state index in [9.17, 15) is 0 Å². The lowest BCUT2D eigenvalue weighted by molar-refractivity contribution is 0.389. The Morgan fingerprint density at radius 3 is 2.89 bits per heavy atom. The molecule has 0 atom stereocenters. The Hall–Kier alpha value is -0.990. The molecule has 9 heavy (non-hydrogen) atoms. The second-order valence-electron chi connectivity index (χ2n) is 1.71. The molecule has 0 bridgehead atoms. The zero-order valence-corrected chi connectivity index (χ0v) is 5.66. The molecule has 0 fully saturated rings. The highest BCUT2D eigenvalue weighted by Crippen LogP contribution is 2.02. The largest absolute Gasteiger partial charge is 0.480 e. The van der Waals surface area contributed by atoms with Crippen LogP contribution in [-0.2, 0) is 6.54 Å². The molecule has 0 saturated heterocycles. The molecule has 0 aliphatic heterocycles. The maximum Gasteiger partial charge on any atom is 0.232 e. The average molecular weight is 126 g/mol. The van der Waals surface area contributed by atoms with E-state index in [1.807, 2.05) is 23.9 Å². The number of hydrogen-bond acceptors (Lipinski definition) is 2. The van der Waals surface area contributed by atoms with Crippen LogP contribution >= 0.6 is 0 Å². The molecule has 1 rings (SSSR count). The second-order valence-corrected chi connectivity index (χ2v) is 1.71. The van der Waals surface area contributed by atoms with Crippen molar-refractivity contribution in [2.45, 2.75) is 13.5 Å². The third-order valence-electron chi connectivity index (χ3n) is 1.15. The van der Waals surface area contributed by atoms with Crippen LogP contribution in [0, 0.1) is 0 Å². The predicted octanol–water partition coefficient (Wildman–Crippen LogP) is 0.912. The summed E-state index contributed by atoms with van der Waals surface area (Å²) in [5.74, 6) is 0.678. The van der Waals surface area contributed by atoms with Gasteiger partial charge < -0.3 is 4.74 Å². The molecule has 0 unspecified atom stereocenters. The van der Waals surface area contributed by atoms with Gasteiger partial charge in [-0.15, -0.1) is 5.10 Å². The Balaban J connectivity index is 2.74. The zero-order chi connectivity index (χ0) is 6.69. The summed E-state index contributed by atoms with van der Waals surface area (Å²) in [5, 5.41) is 4.04. The summed E-state index contributed by atoms with van der Waals surface area (Å²) in [6.07, 6.45) is 1.89. The highest BCUT2D eigenvalue weighted by molar-refractivity contribution is 5.04. The molecule has 0 aliphatic rings. The van der Waals surface area contributed by atoms with Crippen LogP contribution < -0.4 is 4.74 Å². The lowest BCUT2D eigenvalue weighted by Crippen LogP contribution is -1.94. The second kappa shape index (κ2) is 2.53. The number of nitrogens with zero attached hydrogens (tertiary/aromatic N) is 2. The van der Waals surface area contributed by atoms with Crippen LogP contribution in [0.1, 0.15) is 6.92 Å². The van der Waals surface area contributed by atoms with Crippen LogP contribution in [0.15, 0.2) is 12.3 Å². The molecular weight excluding hydrogens is 116 g/mol. The molecule has 1 aromatic heterocycles. The summed E-state index contributed by atoms with van der Waals surface area (Å²) in [6, 6.07) is 1.84. The van der Waals surface area contributed by atoms with Gasteiger partial charge in [0.2, 0.25) is 5.88 Å². The Kier molecular flexibility index (Phi) is 1.72. The highest BCUT2D eigenvalue weighted by atomic mass is 16.5. The van der Waals surface area contributed by atoms with Crippen LogP contribution in [0.3, 0.4) is 0 Å². The molecule has 0 aromatic carbocycles. The minimum absolute atomic E-state index is 0.678. The van der Waals surface area contributed by atoms with Gasteiger partial charge in [0.15, 0.2) is 0 Å². The van der Waals surface area contributed by atoms with Crippen LogP contribution in [0.4, 0.5) is 0 Å². The fourth-order valence-corrected chi connectivity index (χ4v) is 0.628. The monoisotopic (exact) mass is 126 g/mol. The van der Waals surface area contributed by atoms with Crippen molar-refractivity contribution < 1.29 is 4.74 Å². The molecule has 0 N–H and O–H groups in total. The van der Waals surface area contributed by atoms with Gasteiger partial charge >= 0.3 is 0 Å². The Labute approximate surface area is 54.2 Å². The van der Waals surface area contributed by atoms with Gasteiger partial charge in [0.1, 0.15) is 0 Å². The van der Waals surface area contributed by atoms with Gasteiger partial charge in [-0.3, -0.25) is 4.68 Å². The Morgan fingerprint density at radius 2 is 2.56 bits per heavy atom. The normalized spacial score (nSPS) is 9.56. The molecule has 1 aromatic rings. The number of rotatable bonds is 2. The van der Waals surface area contributed by atoms with Gasteiger partial charge in [-0.1, -0.05) is 0 Å². The van der Waals surface area contributed by atoms with Crippen LogP contribution in [0.5, 0.6) is 5.88 Å². The molecule has 0 aliphatic carbocycles. The molecule has 0 spiro atoms. The summed E-state index contributed by atoms with van der Waals surface area (Å²) >= 11 is 0. The van der Waals surface area contributed by atoms with E-state index in [1.54, 1.807) is 7.11 Å². The first-order valence-electron chi connectivity index (χ1n) is 2.94. The SMILES string of the molecule is CCn1ccc(OC)n1.